The summed E-state index contributed by atoms with van der Waals surface area (Å²) in [7, 11) is 0. The number of nitrogens with one attached hydrogen (secondary N) is 1. The van der Waals surface area contributed by atoms with Crippen LogP contribution in [0, 0.1) is 0 Å². The highest BCUT2D eigenvalue weighted by atomic mass is 79.9. The number of amides is 1. The first-order valence-corrected chi connectivity index (χ1v) is 7.57. The van der Waals surface area contributed by atoms with Gasteiger partial charge in [-0.25, -0.2) is 0 Å². The van der Waals surface area contributed by atoms with Crippen LogP contribution in [0.5, 0.6) is 0 Å². The Labute approximate surface area is 122 Å². The number of hydrogen-bond acceptors (Lipinski definition) is 2. The van der Waals surface area contributed by atoms with E-state index in [1.165, 1.54) is 0 Å². The highest BCUT2D eigenvalue weighted by Gasteiger charge is 2.39. The van der Waals surface area contributed by atoms with Crippen LogP contribution in [0.4, 0.5) is 0 Å². The number of benzene rings is 1. The van der Waals surface area contributed by atoms with Crippen molar-refractivity contribution in [2.45, 2.75) is 50.7 Å². The maximum atomic E-state index is 12.1. The Bertz CT molecular complexity index is 455. The van der Waals surface area contributed by atoms with E-state index in [4.69, 9.17) is 0 Å². The summed E-state index contributed by atoms with van der Waals surface area (Å²) in [6.45, 7) is 1.97. The summed E-state index contributed by atoms with van der Waals surface area (Å²) in [6.07, 6.45) is 3.79. The molecule has 0 spiro atoms. The first-order chi connectivity index (χ1) is 9.01. The van der Waals surface area contributed by atoms with Crippen molar-refractivity contribution in [3.8, 4) is 0 Å². The first kappa shape index (κ1) is 14.5. The number of aliphatic hydroxyl groups is 1. The van der Waals surface area contributed by atoms with E-state index in [-0.39, 0.29) is 11.9 Å². The molecule has 1 aliphatic rings. The van der Waals surface area contributed by atoms with Gasteiger partial charge in [-0.2, -0.15) is 0 Å². The van der Waals surface area contributed by atoms with Gasteiger partial charge in [-0.3, -0.25) is 4.79 Å². The van der Waals surface area contributed by atoms with Gasteiger partial charge in [0.2, 0.25) is 0 Å². The fourth-order valence-electron chi connectivity index (χ4n) is 2.59. The third kappa shape index (κ3) is 3.57. The number of carbonyl (C=O) groups is 1. The van der Waals surface area contributed by atoms with E-state index >= 15 is 0 Å². The van der Waals surface area contributed by atoms with Crippen molar-refractivity contribution < 1.29 is 9.90 Å². The summed E-state index contributed by atoms with van der Waals surface area (Å²) in [5.74, 6) is -0.218. The Hall–Kier alpha value is -0.870. The molecule has 4 heteroatoms. The lowest BCUT2D eigenvalue weighted by atomic mass is 10.00. The van der Waals surface area contributed by atoms with Gasteiger partial charge in [-0.15, -0.1) is 0 Å². The summed E-state index contributed by atoms with van der Waals surface area (Å²) in [5.41, 5.74) is 0.0241. The van der Waals surface area contributed by atoms with E-state index < -0.39 is 5.60 Å². The van der Waals surface area contributed by atoms with Gasteiger partial charge >= 0.3 is 0 Å². The second kappa shape index (κ2) is 6.06. The minimum absolute atomic E-state index is 0.0100. The van der Waals surface area contributed by atoms with Crippen molar-refractivity contribution in [3.63, 3.8) is 0 Å². The first-order valence-electron chi connectivity index (χ1n) is 6.78. The van der Waals surface area contributed by atoms with Crippen molar-refractivity contribution in [1.82, 2.24) is 5.32 Å². The Morgan fingerprint density at radius 3 is 2.68 bits per heavy atom. The minimum atomic E-state index is -1.14. The molecular weight excluding hydrogens is 306 g/mol. The summed E-state index contributed by atoms with van der Waals surface area (Å²) in [5, 5.41) is 13.1. The largest absolute Gasteiger partial charge is 0.380 e. The molecule has 3 nitrogen and oxygen atoms in total. The normalized spacial score (nSPS) is 19.1. The van der Waals surface area contributed by atoms with Gasteiger partial charge in [0.1, 0.15) is 5.60 Å². The number of rotatable bonds is 4. The van der Waals surface area contributed by atoms with Gasteiger partial charge in [-0.05, 0) is 50.7 Å². The van der Waals surface area contributed by atoms with Gasteiger partial charge in [-0.1, -0.05) is 34.1 Å². The molecule has 1 unspecified atom stereocenters. The molecule has 0 saturated heterocycles. The number of halogens is 1. The zero-order valence-electron chi connectivity index (χ0n) is 11.2. The number of carbonyl (C=O) groups excluding carboxylic acids is 1. The fourth-order valence-corrected chi connectivity index (χ4v) is 3.04. The quantitative estimate of drug-likeness (QED) is 0.894. The van der Waals surface area contributed by atoms with Crippen molar-refractivity contribution >= 4 is 21.8 Å². The van der Waals surface area contributed by atoms with Crippen LogP contribution >= 0.6 is 15.9 Å². The van der Waals surface area contributed by atoms with E-state index in [2.05, 4.69) is 21.2 Å². The lowest BCUT2D eigenvalue weighted by molar-refractivity contribution is -0.139. The molecular formula is C15H20BrNO2. The molecule has 104 valence electrons. The Morgan fingerprint density at radius 2 is 2.05 bits per heavy atom. The van der Waals surface area contributed by atoms with Crippen LogP contribution in [0.15, 0.2) is 28.7 Å². The van der Waals surface area contributed by atoms with Crippen LogP contribution in [-0.4, -0.2) is 22.7 Å². The maximum Gasteiger partial charge on any atom is 0.252 e. The van der Waals surface area contributed by atoms with E-state index in [9.17, 15) is 9.90 Å². The highest BCUT2D eigenvalue weighted by molar-refractivity contribution is 9.10. The minimum Gasteiger partial charge on any atom is -0.380 e. The predicted molar refractivity (Wildman–Crippen MR) is 78.9 cm³/mol. The van der Waals surface area contributed by atoms with Crippen LogP contribution in [0.3, 0.4) is 0 Å². The molecule has 0 radical (unpaired) electrons. The predicted octanol–water partition coefficient (Wildman–Crippen LogP) is 2.80. The van der Waals surface area contributed by atoms with Crippen molar-refractivity contribution in [2.75, 3.05) is 0 Å². The monoisotopic (exact) mass is 325 g/mol. The average Bonchev–Trinajstić information content (AvgIpc) is 2.80. The van der Waals surface area contributed by atoms with E-state index in [0.29, 0.717) is 12.8 Å². The van der Waals surface area contributed by atoms with Gasteiger partial charge in [0.05, 0.1) is 0 Å². The molecule has 1 aromatic rings. The van der Waals surface area contributed by atoms with Crippen LogP contribution in [0.25, 0.3) is 0 Å². The second-order valence-electron chi connectivity index (χ2n) is 5.41. The van der Waals surface area contributed by atoms with Crippen LogP contribution < -0.4 is 5.32 Å². The molecule has 1 amide bonds. The third-order valence-corrected chi connectivity index (χ3v) is 4.49. The third-order valence-electron chi connectivity index (χ3n) is 3.71. The summed E-state index contributed by atoms with van der Waals surface area (Å²) in [6, 6.07) is 8.00. The Kier molecular flexibility index (Phi) is 4.63. The lowest BCUT2D eigenvalue weighted by Crippen LogP contribution is -2.48. The molecule has 1 aliphatic carbocycles. The lowest BCUT2D eigenvalue weighted by Gasteiger charge is -2.24. The van der Waals surface area contributed by atoms with E-state index in [0.717, 1.165) is 29.3 Å². The number of hydrogen-bond donors (Lipinski definition) is 2. The molecule has 2 N–H and O–H groups in total. The molecule has 0 aliphatic heterocycles. The molecule has 2 rings (SSSR count). The standard InChI is InChI=1S/C15H20BrNO2/c1-11(10-12-6-2-3-7-13(12)16)17-14(18)15(19)8-4-5-9-15/h2-3,6-7,11,19H,4-5,8-10H2,1H3,(H,17,18). The maximum absolute atomic E-state index is 12.1. The SMILES string of the molecule is CC(Cc1ccccc1Br)NC(=O)C1(O)CCCC1. The highest BCUT2D eigenvalue weighted by Crippen LogP contribution is 2.29. The van der Waals surface area contributed by atoms with Gasteiger partial charge in [0, 0.05) is 10.5 Å². The molecule has 19 heavy (non-hydrogen) atoms. The van der Waals surface area contributed by atoms with E-state index in [1.54, 1.807) is 0 Å². The van der Waals surface area contributed by atoms with Crippen molar-refractivity contribution in [1.29, 1.82) is 0 Å². The average molecular weight is 326 g/mol. The molecule has 0 aromatic heterocycles. The Balaban J connectivity index is 1.93. The zero-order valence-corrected chi connectivity index (χ0v) is 12.7. The van der Waals surface area contributed by atoms with Gasteiger partial charge in [0.25, 0.3) is 5.91 Å². The smallest absolute Gasteiger partial charge is 0.252 e. The van der Waals surface area contributed by atoms with Crippen LogP contribution in [-0.2, 0) is 11.2 Å². The van der Waals surface area contributed by atoms with Gasteiger partial charge < -0.3 is 10.4 Å². The fraction of sp³-hybridized carbons (Fsp3) is 0.533. The summed E-state index contributed by atoms with van der Waals surface area (Å²) in [4.78, 5) is 12.1. The molecule has 0 heterocycles. The van der Waals surface area contributed by atoms with Gasteiger partial charge in [0.15, 0.2) is 0 Å². The molecule has 1 saturated carbocycles. The molecule has 1 aromatic carbocycles. The molecule has 0 bridgehead atoms. The topological polar surface area (TPSA) is 49.3 Å². The van der Waals surface area contributed by atoms with Crippen LogP contribution in [0.2, 0.25) is 0 Å². The zero-order chi connectivity index (χ0) is 13.9. The molecule has 1 atom stereocenters. The van der Waals surface area contributed by atoms with Crippen molar-refractivity contribution in [2.24, 2.45) is 0 Å². The Morgan fingerprint density at radius 1 is 1.42 bits per heavy atom. The molecule has 1 fully saturated rings. The van der Waals surface area contributed by atoms with Crippen LogP contribution in [0.1, 0.15) is 38.2 Å². The van der Waals surface area contributed by atoms with E-state index in [1.807, 2.05) is 31.2 Å². The summed E-state index contributed by atoms with van der Waals surface area (Å²) < 4.78 is 1.05. The summed E-state index contributed by atoms with van der Waals surface area (Å²) >= 11 is 3.51. The van der Waals surface area contributed by atoms with Crippen molar-refractivity contribution in [3.05, 3.63) is 34.3 Å². The second-order valence-corrected chi connectivity index (χ2v) is 6.26.